The molecule has 1 aliphatic heterocycles. The summed E-state index contributed by atoms with van der Waals surface area (Å²) in [5.41, 5.74) is 3.69. The van der Waals surface area contributed by atoms with Gasteiger partial charge in [0.25, 0.3) is 0 Å². The highest BCUT2D eigenvalue weighted by atomic mass is 19.1. The van der Waals surface area contributed by atoms with Crippen LogP contribution in [-0.4, -0.2) is 26.3 Å². The minimum Gasteiger partial charge on any atom is -0.422 e. The smallest absolute Gasteiger partial charge is 0.244 e. The Morgan fingerprint density at radius 1 is 0.935 bits per heavy atom. The number of nitriles is 1. The van der Waals surface area contributed by atoms with E-state index in [1.165, 1.54) is 24.3 Å². The summed E-state index contributed by atoms with van der Waals surface area (Å²) < 4.78 is 32.4. The van der Waals surface area contributed by atoms with Crippen molar-refractivity contribution in [1.29, 1.82) is 10.7 Å². The van der Waals surface area contributed by atoms with Crippen molar-refractivity contribution in [2.75, 3.05) is 0 Å². The molecule has 3 heterocycles. The lowest BCUT2D eigenvalue weighted by Gasteiger charge is -2.28. The topological polar surface area (TPSA) is 114 Å². The molecule has 0 radical (unpaired) electrons. The predicted molar refractivity (Wildman–Crippen MR) is 107 cm³/mol. The number of nitrogens with one attached hydrogen (secondary N) is 3. The molecular formula is C22H14F2N6O. The van der Waals surface area contributed by atoms with Crippen molar-refractivity contribution < 1.29 is 13.5 Å². The number of hydrogen-bond acceptors (Lipinski definition) is 5. The number of hydrogen-bond donors (Lipinski definition) is 3. The van der Waals surface area contributed by atoms with Crippen LogP contribution in [0.3, 0.4) is 0 Å². The fourth-order valence-electron chi connectivity index (χ4n) is 3.87. The Hall–Kier alpha value is -4.32. The van der Waals surface area contributed by atoms with E-state index in [9.17, 15) is 14.0 Å². The SMILES string of the molecule is N#CC1C(=N)Oc2n[nH]c(-c3ccc(F)cc3)c2C1c1cn[nH]c1-c1ccc(F)cc1. The van der Waals surface area contributed by atoms with E-state index in [0.717, 1.165) is 0 Å². The number of nitrogens with zero attached hydrogens (tertiary/aromatic N) is 3. The number of benzene rings is 2. The van der Waals surface area contributed by atoms with E-state index in [2.05, 4.69) is 26.5 Å². The molecule has 9 heteroatoms. The van der Waals surface area contributed by atoms with Crippen LogP contribution in [0.25, 0.3) is 22.5 Å². The van der Waals surface area contributed by atoms with Crippen LogP contribution in [0.2, 0.25) is 0 Å². The Labute approximate surface area is 174 Å². The fourth-order valence-corrected chi connectivity index (χ4v) is 3.87. The maximum Gasteiger partial charge on any atom is 0.244 e. The molecule has 0 bridgehead atoms. The molecule has 152 valence electrons. The number of rotatable bonds is 3. The van der Waals surface area contributed by atoms with Crippen molar-refractivity contribution >= 4 is 5.90 Å². The molecule has 0 saturated heterocycles. The third-order valence-corrected chi connectivity index (χ3v) is 5.31. The third kappa shape index (κ3) is 3.05. The Morgan fingerprint density at radius 2 is 1.55 bits per heavy atom. The fraction of sp³-hybridized carbons (Fsp3) is 0.0909. The number of H-pyrrole nitrogens is 2. The first-order chi connectivity index (χ1) is 15.1. The highest BCUT2D eigenvalue weighted by Crippen LogP contribution is 2.47. The van der Waals surface area contributed by atoms with Crippen LogP contribution < -0.4 is 4.74 Å². The van der Waals surface area contributed by atoms with Crippen molar-refractivity contribution in [3.8, 4) is 34.5 Å². The minimum absolute atomic E-state index is 0.173. The second-order valence-electron chi connectivity index (χ2n) is 7.08. The van der Waals surface area contributed by atoms with Crippen LogP contribution in [0.1, 0.15) is 17.0 Å². The van der Waals surface area contributed by atoms with E-state index in [1.807, 2.05) is 0 Å². The molecule has 4 aromatic rings. The number of fused-ring (bicyclic) bond motifs is 1. The molecule has 7 nitrogen and oxygen atoms in total. The average Bonchev–Trinajstić information content (AvgIpc) is 3.41. The zero-order valence-corrected chi connectivity index (χ0v) is 15.9. The second kappa shape index (κ2) is 7.18. The van der Waals surface area contributed by atoms with Crippen LogP contribution >= 0.6 is 0 Å². The lowest BCUT2D eigenvalue weighted by atomic mass is 9.78. The highest BCUT2D eigenvalue weighted by Gasteiger charge is 2.42. The van der Waals surface area contributed by atoms with Gasteiger partial charge in [-0.1, -0.05) is 0 Å². The summed E-state index contributed by atoms with van der Waals surface area (Å²) in [5.74, 6) is -2.39. The van der Waals surface area contributed by atoms with Gasteiger partial charge in [-0.2, -0.15) is 10.4 Å². The van der Waals surface area contributed by atoms with Crippen molar-refractivity contribution in [2.45, 2.75) is 5.92 Å². The predicted octanol–water partition coefficient (Wildman–Crippen LogP) is 4.39. The zero-order valence-electron chi connectivity index (χ0n) is 15.9. The van der Waals surface area contributed by atoms with Gasteiger partial charge in [0.2, 0.25) is 11.8 Å². The average molecular weight is 416 g/mol. The molecule has 0 fully saturated rings. The standard InChI is InChI=1S/C22H14F2N6O/c23-13-5-1-11(2-6-13)19-16(10-27-28-19)17-15(9-25)21(26)31-22-18(17)20(29-30-22)12-3-7-14(24)8-4-12/h1-8,10,15,17,26H,(H,27,28)(H,29,30). The number of aromatic amines is 2. The molecule has 31 heavy (non-hydrogen) atoms. The number of ether oxygens (including phenoxy) is 1. The van der Waals surface area contributed by atoms with Gasteiger partial charge in [-0.25, -0.2) is 8.78 Å². The van der Waals surface area contributed by atoms with E-state index < -0.39 is 11.8 Å². The molecule has 0 spiro atoms. The van der Waals surface area contributed by atoms with Crippen molar-refractivity contribution in [1.82, 2.24) is 20.4 Å². The first kappa shape index (κ1) is 18.7. The maximum atomic E-state index is 13.4. The highest BCUT2D eigenvalue weighted by molar-refractivity contribution is 5.87. The molecule has 1 aliphatic rings. The van der Waals surface area contributed by atoms with Gasteiger partial charge in [-0.05, 0) is 48.5 Å². The summed E-state index contributed by atoms with van der Waals surface area (Å²) in [6, 6.07) is 13.9. The Balaban J connectivity index is 1.71. The second-order valence-corrected chi connectivity index (χ2v) is 7.08. The largest absolute Gasteiger partial charge is 0.422 e. The molecule has 2 atom stereocenters. The Morgan fingerprint density at radius 3 is 2.16 bits per heavy atom. The summed E-state index contributed by atoms with van der Waals surface area (Å²) in [6.07, 6.45) is 1.58. The van der Waals surface area contributed by atoms with Gasteiger partial charge in [0, 0.05) is 22.6 Å². The van der Waals surface area contributed by atoms with E-state index in [1.54, 1.807) is 30.5 Å². The van der Waals surface area contributed by atoms with Crippen molar-refractivity contribution in [3.63, 3.8) is 0 Å². The molecule has 0 aliphatic carbocycles. The Bertz CT molecular complexity index is 1320. The number of aromatic nitrogens is 4. The quantitative estimate of drug-likeness (QED) is 0.460. The monoisotopic (exact) mass is 416 g/mol. The molecule has 0 amide bonds. The van der Waals surface area contributed by atoms with Crippen molar-refractivity contribution in [3.05, 3.63) is 77.5 Å². The van der Waals surface area contributed by atoms with Crippen LogP contribution in [0.5, 0.6) is 5.88 Å². The lowest BCUT2D eigenvalue weighted by Crippen LogP contribution is -2.31. The van der Waals surface area contributed by atoms with Gasteiger partial charge in [0.15, 0.2) is 0 Å². The molecule has 3 N–H and O–H groups in total. The van der Waals surface area contributed by atoms with Gasteiger partial charge in [0.05, 0.1) is 29.2 Å². The van der Waals surface area contributed by atoms with E-state index in [0.29, 0.717) is 33.6 Å². The van der Waals surface area contributed by atoms with Crippen LogP contribution in [-0.2, 0) is 0 Å². The maximum absolute atomic E-state index is 13.4. The normalized spacial score (nSPS) is 17.6. The molecule has 2 aromatic heterocycles. The van der Waals surface area contributed by atoms with E-state index in [-0.39, 0.29) is 23.4 Å². The molecular weight excluding hydrogens is 402 g/mol. The first-order valence-corrected chi connectivity index (χ1v) is 9.36. The third-order valence-electron chi connectivity index (χ3n) is 5.31. The minimum atomic E-state index is -0.943. The number of halogens is 2. The van der Waals surface area contributed by atoms with E-state index >= 15 is 0 Å². The van der Waals surface area contributed by atoms with Gasteiger partial charge < -0.3 is 4.74 Å². The summed E-state index contributed by atoms with van der Waals surface area (Å²) >= 11 is 0. The zero-order chi connectivity index (χ0) is 21.5. The van der Waals surface area contributed by atoms with Crippen LogP contribution in [0, 0.1) is 34.3 Å². The van der Waals surface area contributed by atoms with Gasteiger partial charge in [-0.15, -0.1) is 5.10 Å². The summed E-state index contributed by atoms with van der Waals surface area (Å²) in [6.45, 7) is 0. The summed E-state index contributed by atoms with van der Waals surface area (Å²) in [4.78, 5) is 0. The molecule has 5 rings (SSSR count). The summed E-state index contributed by atoms with van der Waals surface area (Å²) in [7, 11) is 0. The van der Waals surface area contributed by atoms with Crippen molar-refractivity contribution in [2.24, 2.45) is 5.92 Å². The molecule has 0 saturated carbocycles. The molecule has 2 unspecified atom stereocenters. The first-order valence-electron chi connectivity index (χ1n) is 9.36. The van der Waals surface area contributed by atoms with Crippen LogP contribution in [0.4, 0.5) is 8.78 Å². The van der Waals surface area contributed by atoms with Gasteiger partial charge >= 0.3 is 0 Å². The van der Waals surface area contributed by atoms with Crippen LogP contribution in [0.15, 0.2) is 54.7 Å². The Kier molecular flexibility index (Phi) is 4.33. The summed E-state index contributed by atoms with van der Waals surface area (Å²) in [5, 5.41) is 32.2. The molecule has 2 aromatic carbocycles. The lowest BCUT2D eigenvalue weighted by molar-refractivity contribution is 0.437. The van der Waals surface area contributed by atoms with Gasteiger partial charge in [0.1, 0.15) is 17.6 Å². The van der Waals surface area contributed by atoms with Gasteiger partial charge in [-0.3, -0.25) is 15.6 Å². The van der Waals surface area contributed by atoms with E-state index in [4.69, 9.17) is 10.1 Å².